The average Bonchev–Trinajstić information content (AvgIpc) is 2.38. The van der Waals surface area contributed by atoms with Gasteiger partial charge < -0.3 is 15.4 Å². The van der Waals surface area contributed by atoms with Gasteiger partial charge >= 0.3 is 0 Å². The number of guanidine groups is 1. The van der Waals surface area contributed by atoms with Crippen molar-refractivity contribution in [2.75, 3.05) is 13.2 Å². The highest BCUT2D eigenvalue weighted by Gasteiger charge is 2.36. The number of aliphatic imine (C=N–C) groups is 1. The van der Waals surface area contributed by atoms with Crippen LogP contribution in [0.5, 0.6) is 0 Å². The number of nitrogens with zero attached hydrogens (tertiary/aromatic N) is 3. The Morgan fingerprint density at radius 3 is 3.11 bits per heavy atom. The molecule has 1 aromatic heterocycles. The number of rotatable bonds is 1. The van der Waals surface area contributed by atoms with Crippen LogP contribution in [-0.4, -0.2) is 40.3 Å². The lowest BCUT2D eigenvalue weighted by Crippen LogP contribution is -2.53. The first kappa shape index (κ1) is 12.4. The molecule has 1 saturated heterocycles. The lowest BCUT2D eigenvalue weighted by molar-refractivity contribution is -0.00973. The van der Waals surface area contributed by atoms with Crippen molar-refractivity contribution in [2.24, 2.45) is 10.7 Å². The third-order valence-electron chi connectivity index (χ3n) is 3.42. The van der Waals surface area contributed by atoms with Crippen LogP contribution in [0.1, 0.15) is 29.0 Å². The zero-order valence-corrected chi connectivity index (χ0v) is 11.1. The van der Waals surface area contributed by atoms with Gasteiger partial charge in [0.1, 0.15) is 5.69 Å². The molecule has 3 rings (SSSR count). The van der Waals surface area contributed by atoms with E-state index in [0.29, 0.717) is 24.9 Å². The van der Waals surface area contributed by atoms with Crippen molar-refractivity contribution in [2.45, 2.75) is 19.0 Å². The first-order valence-electron chi connectivity index (χ1n) is 5.98. The molecule has 0 spiro atoms. The number of morpholine rings is 1. The van der Waals surface area contributed by atoms with Crippen molar-refractivity contribution in [3.05, 3.63) is 23.5 Å². The standard InChI is InChI=1S/C12H13ClN4O2/c1-6-4-19-5-10-7-2-8(11(13)18)15-3-9(7)16-12(14)17(6)10/h2-3,6,10H,4-5H2,1H3,(H2,14,16)/t6-,10-/m0/s1. The van der Waals surface area contributed by atoms with Gasteiger partial charge in [0.2, 0.25) is 0 Å². The van der Waals surface area contributed by atoms with E-state index >= 15 is 0 Å². The van der Waals surface area contributed by atoms with Crippen molar-refractivity contribution in [1.82, 2.24) is 9.88 Å². The molecule has 0 saturated carbocycles. The van der Waals surface area contributed by atoms with Gasteiger partial charge in [-0.2, -0.15) is 0 Å². The number of ether oxygens (including phenoxy) is 1. The van der Waals surface area contributed by atoms with E-state index in [9.17, 15) is 4.79 Å². The average molecular weight is 281 g/mol. The summed E-state index contributed by atoms with van der Waals surface area (Å²) in [7, 11) is 0. The zero-order chi connectivity index (χ0) is 13.6. The van der Waals surface area contributed by atoms with E-state index in [1.165, 1.54) is 6.20 Å². The van der Waals surface area contributed by atoms with Crippen LogP contribution in [0, 0.1) is 0 Å². The lowest BCUT2D eigenvalue weighted by atomic mass is 10.00. The summed E-state index contributed by atoms with van der Waals surface area (Å²) in [4.78, 5) is 21.5. The number of nitrogens with two attached hydrogens (primary N) is 1. The molecule has 2 aliphatic rings. The van der Waals surface area contributed by atoms with E-state index in [1.807, 2.05) is 11.8 Å². The molecule has 2 N–H and O–H groups in total. The number of hydrogen-bond acceptors (Lipinski definition) is 6. The Labute approximate surface area is 115 Å². The van der Waals surface area contributed by atoms with E-state index in [-0.39, 0.29) is 17.8 Å². The van der Waals surface area contributed by atoms with E-state index < -0.39 is 5.24 Å². The summed E-state index contributed by atoms with van der Waals surface area (Å²) >= 11 is 5.47. The van der Waals surface area contributed by atoms with Crippen LogP contribution in [-0.2, 0) is 4.74 Å². The Hall–Kier alpha value is -1.66. The second kappa shape index (κ2) is 4.47. The number of halogens is 1. The maximum Gasteiger partial charge on any atom is 0.270 e. The molecule has 3 heterocycles. The fourth-order valence-corrected chi connectivity index (χ4v) is 2.66. The van der Waals surface area contributed by atoms with Gasteiger partial charge in [0, 0.05) is 5.56 Å². The maximum absolute atomic E-state index is 11.2. The molecule has 19 heavy (non-hydrogen) atoms. The summed E-state index contributed by atoms with van der Waals surface area (Å²) in [6.07, 6.45) is 1.52. The van der Waals surface area contributed by atoms with Crippen molar-refractivity contribution in [3.8, 4) is 0 Å². The number of aromatic nitrogens is 1. The van der Waals surface area contributed by atoms with E-state index in [4.69, 9.17) is 22.1 Å². The van der Waals surface area contributed by atoms with Crippen molar-refractivity contribution in [1.29, 1.82) is 0 Å². The van der Waals surface area contributed by atoms with Gasteiger partial charge in [-0.15, -0.1) is 0 Å². The molecular formula is C12H13ClN4O2. The van der Waals surface area contributed by atoms with Gasteiger partial charge in [-0.25, -0.2) is 9.98 Å². The molecule has 0 bridgehead atoms. The Bertz CT molecular complexity index is 575. The van der Waals surface area contributed by atoms with E-state index in [2.05, 4.69) is 9.98 Å². The second-order valence-corrected chi connectivity index (χ2v) is 5.02. The van der Waals surface area contributed by atoms with Gasteiger partial charge in [0.15, 0.2) is 5.96 Å². The summed E-state index contributed by atoms with van der Waals surface area (Å²) in [5.74, 6) is 0.458. The van der Waals surface area contributed by atoms with E-state index in [1.54, 1.807) is 6.07 Å². The van der Waals surface area contributed by atoms with Crippen molar-refractivity contribution >= 4 is 28.5 Å². The van der Waals surface area contributed by atoms with Crippen LogP contribution in [0.3, 0.4) is 0 Å². The van der Waals surface area contributed by atoms with Crippen LogP contribution in [0.25, 0.3) is 0 Å². The van der Waals surface area contributed by atoms with Crippen LogP contribution >= 0.6 is 11.6 Å². The normalized spacial score (nSPS) is 25.4. The predicted molar refractivity (Wildman–Crippen MR) is 70.6 cm³/mol. The molecule has 1 fully saturated rings. The Morgan fingerprint density at radius 1 is 1.58 bits per heavy atom. The Balaban J connectivity index is 2.11. The minimum atomic E-state index is -0.582. The summed E-state index contributed by atoms with van der Waals surface area (Å²) < 4.78 is 5.57. The third-order valence-corrected chi connectivity index (χ3v) is 3.61. The predicted octanol–water partition coefficient (Wildman–Crippen LogP) is 1.18. The maximum atomic E-state index is 11.2. The summed E-state index contributed by atoms with van der Waals surface area (Å²) in [5.41, 5.74) is 7.75. The van der Waals surface area contributed by atoms with Crippen molar-refractivity contribution < 1.29 is 9.53 Å². The molecule has 2 atom stereocenters. The number of fused-ring (bicyclic) bond motifs is 3. The number of carbonyl (C=O) groups excluding carboxylic acids is 1. The molecule has 7 heteroatoms. The molecular weight excluding hydrogens is 268 g/mol. The van der Waals surface area contributed by atoms with Crippen LogP contribution in [0.2, 0.25) is 0 Å². The van der Waals surface area contributed by atoms with Crippen molar-refractivity contribution in [3.63, 3.8) is 0 Å². The highest BCUT2D eigenvalue weighted by molar-refractivity contribution is 6.67. The van der Waals surface area contributed by atoms with Gasteiger partial charge in [-0.05, 0) is 24.6 Å². The minimum absolute atomic E-state index is 0.0472. The highest BCUT2D eigenvalue weighted by atomic mass is 35.5. The summed E-state index contributed by atoms with van der Waals surface area (Å²) in [5, 5.41) is -0.582. The summed E-state index contributed by atoms with van der Waals surface area (Å²) in [6, 6.07) is 1.76. The van der Waals surface area contributed by atoms with Gasteiger partial charge in [0.25, 0.3) is 5.24 Å². The molecule has 0 radical (unpaired) electrons. The SMILES string of the molecule is C[C@H]1COC[C@H]2c3cc(C(=O)Cl)ncc3N=C(N)N12. The Morgan fingerprint density at radius 2 is 2.37 bits per heavy atom. The topological polar surface area (TPSA) is 80.8 Å². The molecule has 0 aliphatic carbocycles. The van der Waals surface area contributed by atoms with Gasteiger partial charge in [-0.3, -0.25) is 4.79 Å². The molecule has 1 aromatic rings. The lowest BCUT2D eigenvalue weighted by Gasteiger charge is -2.43. The molecule has 0 aromatic carbocycles. The summed E-state index contributed by atoms with van der Waals surface area (Å²) in [6.45, 7) is 3.14. The molecule has 0 unspecified atom stereocenters. The van der Waals surface area contributed by atoms with Gasteiger partial charge in [0.05, 0.1) is 37.2 Å². The van der Waals surface area contributed by atoms with Crippen LogP contribution < -0.4 is 5.73 Å². The minimum Gasteiger partial charge on any atom is -0.377 e. The Kier molecular flexibility index (Phi) is 2.91. The fourth-order valence-electron chi connectivity index (χ4n) is 2.56. The largest absolute Gasteiger partial charge is 0.377 e. The van der Waals surface area contributed by atoms with Gasteiger partial charge in [-0.1, -0.05) is 0 Å². The number of hydrogen-bond donors (Lipinski definition) is 1. The van der Waals surface area contributed by atoms with Crippen LogP contribution in [0.4, 0.5) is 5.69 Å². The van der Waals surface area contributed by atoms with Crippen LogP contribution in [0.15, 0.2) is 17.3 Å². The first-order chi connectivity index (χ1) is 9.08. The molecule has 0 amide bonds. The third kappa shape index (κ3) is 1.97. The highest BCUT2D eigenvalue weighted by Crippen LogP contribution is 2.37. The molecule has 2 aliphatic heterocycles. The quantitative estimate of drug-likeness (QED) is 0.781. The second-order valence-electron chi connectivity index (χ2n) is 4.68. The number of carbonyl (C=O) groups is 1. The molecule has 6 nitrogen and oxygen atoms in total. The zero-order valence-electron chi connectivity index (χ0n) is 10.3. The fraction of sp³-hybridized carbons (Fsp3) is 0.417. The monoisotopic (exact) mass is 280 g/mol. The first-order valence-corrected chi connectivity index (χ1v) is 6.35. The smallest absolute Gasteiger partial charge is 0.270 e. The van der Waals surface area contributed by atoms with E-state index in [0.717, 1.165) is 5.56 Å². The molecule has 100 valence electrons. The number of pyridine rings is 1.